The van der Waals surface area contributed by atoms with Gasteiger partial charge in [0.2, 0.25) is 0 Å². The summed E-state index contributed by atoms with van der Waals surface area (Å²) in [6, 6.07) is 3.45. The van der Waals surface area contributed by atoms with Crippen molar-refractivity contribution in [3.05, 3.63) is 42.0 Å². The van der Waals surface area contributed by atoms with Gasteiger partial charge in [0.05, 0.1) is 12.2 Å². The van der Waals surface area contributed by atoms with Gasteiger partial charge in [0.25, 0.3) is 0 Å². The zero-order chi connectivity index (χ0) is 12.2. The number of aliphatic hydroxyl groups excluding tert-OH is 1. The first-order valence-electron chi connectivity index (χ1n) is 4.53. The van der Waals surface area contributed by atoms with Gasteiger partial charge in [0, 0.05) is 0 Å². The quantitative estimate of drug-likeness (QED) is 0.809. The van der Waals surface area contributed by atoms with Crippen LogP contribution in [0.25, 0.3) is 0 Å². The molecular weight excluding hydrogens is 221 g/mol. The molecule has 0 bridgehead atoms. The fourth-order valence-corrected chi connectivity index (χ4v) is 1.17. The first-order chi connectivity index (χ1) is 7.49. The monoisotopic (exact) mass is 232 g/mol. The molecule has 0 aromatic heterocycles. The third-order valence-electron chi connectivity index (χ3n) is 1.89. The second-order valence-electron chi connectivity index (χ2n) is 3.09. The van der Waals surface area contributed by atoms with Gasteiger partial charge in [-0.1, -0.05) is 18.7 Å². The molecule has 1 N–H and O–H groups in total. The van der Waals surface area contributed by atoms with Gasteiger partial charge in [0.15, 0.2) is 0 Å². The van der Waals surface area contributed by atoms with Gasteiger partial charge in [-0.15, -0.1) is 0 Å². The third-order valence-corrected chi connectivity index (χ3v) is 1.89. The third kappa shape index (κ3) is 3.00. The Hall–Kier alpha value is -1.49. The number of benzene rings is 1. The van der Waals surface area contributed by atoms with Crippen molar-refractivity contribution in [3.63, 3.8) is 0 Å². The summed E-state index contributed by atoms with van der Waals surface area (Å²) in [4.78, 5) is 0. The molecule has 16 heavy (non-hydrogen) atoms. The maximum absolute atomic E-state index is 12.6. The van der Waals surface area contributed by atoms with Crippen molar-refractivity contribution in [3.8, 4) is 5.75 Å². The molecule has 0 spiro atoms. The first kappa shape index (κ1) is 12.6. The van der Waals surface area contributed by atoms with Gasteiger partial charge in [-0.25, -0.2) is 0 Å². The van der Waals surface area contributed by atoms with Crippen molar-refractivity contribution in [2.24, 2.45) is 0 Å². The van der Waals surface area contributed by atoms with Crippen LogP contribution in [0.1, 0.15) is 11.1 Å². The SMILES string of the molecule is C=CCOc1ccc(CO)cc1C(F)(F)F. The van der Waals surface area contributed by atoms with Gasteiger partial charge >= 0.3 is 6.18 Å². The van der Waals surface area contributed by atoms with E-state index >= 15 is 0 Å². The number of ether oxygens (including phenoxy) is 1. The Kier molecular flexibility index (Phi) is 3.95. The largest absolute Gasteiger partial charge is 0.489 e. The second kappa shape index (κ2) is 5.03. The van der Waals surface area contributed by atoms with Crippen LogP contribution < -0.4 is 4.74 Å². The average molecular weight is 232 g/mol. The summed E-state index contributed by atoms with van der Waals surface area (Å²) < 4.78 is 42.7. The zero-order valence-corrected chi connectivity index (χ0v) is 8.42. The van der Waals surface area contributed by atoms with Crippen LogP contribution in [0, 0.1) is 0 Å². The maximum Gasteiger partial charge on any atom is 0.419 e. The Morgan fingerprint density at radius 2 is 2.06 bits per heavy atom. The molecule has 2 nitrogen and oxygen atoms in total. The minimum Gasteiger partial charge on any atom is -0.489 e. The van der Waals surface area contributed by atoms with Crippen LogP contribution >= 0.6 is 0 Å². The van der Waals surface area contributed by atoms with Crippen molar-refractivity contribution in [2.75, 3.05) is 6.61 Å². The van der Waals surface area contributed by atoms with E-state index in [1.54, 1.807) is 0 Å². The predicted molar refractivity (Wildman–Crippen MR) is 53.1 cm³/mol. The summed E-state index contributed by atoms with van der Waals surface area (Å²) in [6.07, 6.45) is -3.14. The highest BCUT2D eigenvalue weighted by Crippen LogP contribution is 2.36. The summed E-state index contributed by atoms with van der Waals surface area (Å²) in [5.74, 6) is -0.260. The van der Waals surface area contributed by atoms with Crippen LogP contribution in [-0.4, -0.2) is 11.7 Å². The molecule has 0 fully saturated rings. The van der Waals surface area contributed by atoms with Gasteiger partial charge in [-0.2, -0.15) is 13.2 Å². The molecule has 0 radical (unpaired) electrons. The molecule has 1 aromatic carbocycles. The number of hydrogen-bond donors (Lipinski definition) is 1. The van der Waals surface area contributed by atoms with Gasteiger partial charge in [-0.05, 0) is 17.7 Å². The maximum atomic E-state index is 12.6. The molecular formula is C11H11F3O2. The lowest BCUT2D eigenvalue weighted by Crippen LogP contribution is -2.09. The smallest absolute Gasteiger partial charge is 0.419 e. The lowest BCUT2D eigenvalue weighted by Gasteiger charge is -2.14. The van der Waals surface area contributed by atoms with E-state index in [-0.39, 0.29) is 17.9 Å². The summed E-state index contributed by atoms with van der Waals surface area (Å²) in [7, 11) is 0. The lowest BCUT2D eigenvalue weighted by molar-refractivity contribution is -0.138. The van der Waals surface area contributed by atoms with E-state index in [2.05, 4.69) is 6.58 Å². The van der Waals surface area contributed by atoms with Crippen molar-refractivity contribution in [1.82, 2.24) is 0 Å². The number of rotatable bonds is 4. The van der Waals surface area contributed by atoms with E-state index in [0.717, 1.165) is 6.07 Å². The number of alkyl halides is 3. The highest BCUT2D eigenvalue weighted by Gasteiger charge is 2.34. The van der Waals surface area contributed by atoms with E-state index in [0.29, 0.717) is 0 Å². The molecule has 1 aromatic rings. The second-order valence-corrected chi connectivity index (χ2v) is 3.09. The molecule has 0 atom stereocenters. The molecule has 88 valence electrons. The van der Waals surface area contributed by atoms with E-state index in [4.69, 9.17) is 9.84 Å². The summed E-state index contributed by atoms with van der Waals surface area (Å²) in [5.41, 5.74) is -0.695. The molecule has 0 amide bonds. The van der Waals surface area contributed by atoms with Crippen LogP contribution in [-0.2, 0) is 12.8 Å². The van der Waals surface area contributed by atoms with Gasteiger partial charge < -0.3 is 9.84 Å². The van der Waals surface area contributed by atoms with Crippen LogP contribution in [0.5, 0.6) is 5.75 Å². The Labute approximate surface area is 91.0 Å². The minimum atomic E-state index is -4.50. The Morgan fingerprint density at radius 3 is 2.56 bits per heavy atom. The molecule has 0 heterocycles. The Balaban J connectivity index is 3.11. The number of hydrogen-bond acceptors (Lipinski definition) is 2. The summed E-state index contributed by atoms with van der Waals surface area (Å²) >= 11 is 0. The van der Waals surface area contributed by atoms with Crippen LogP contribution in [0.4, 0.5) is 13.2 Å². The molecule has 1 rings (SSSR count). The van der Waals surface area contributed by atoms with Crippen LogP contribution in [0.3, 0.4) is 0 Å². The zero-order valence-electron chi connectivity index (χ0n) is 8.42. The fraction of sp³-hybridized carbons (Fsp3) is 0.273. The van der Waals surface area contributed by atoms with E-state index < -0.39 is 18.3 Å². The predicted octanol–water partition coefficient (Wildman–Crippen LogP) is 2.76. The van der Waals surface area contributed by atoms with Crippen molar-refractivity contribution in [2.45, 2.75) is 12.8 Å². The topological polar surface area (TPSA) is 29.5 Å². The molecule has 0 aliphatic carbocycles. The van der Waals surface area contributed by atoms with E-state index in [1.807, 2.05) is 0 Å². The van der Waals surface area contributed by atoms with Gasteiger partial charge in [-0.3, -0.25) is 0 Å². The Bertz CT molecular complexity index is 372. The van der Waals surface area contributed by atoms with Crippen LogP contribution in [0.15, 0.2) is 30.9 Å². The lowest BCUT2D eigenvalue weighted by atomic mass is 10.1. The first-order valence-corrected chi connectivity index (χ1v) is 4.53. The molecule has 5 heteroatoms. The molecule has 0 aliphatic rings. The summed E-state index contributed by atoms with van der Waals surface area (Å²) in [5, 5.41) is 8.77. The average Bonchev–Trinajstić information content (AvgIpc) is 2.25. The normalized spacial score (nSPS) is 11.2. The summed E-state index contributed by atoms with van der Waals surface area (Å²) in [6.45, 7) is 2.92. The standard InChI is InChI=1S/C11H11F3O2/c1-2-5-16-10-4-3-8(7-15)6-9(10)11(12,13)14/h2-4,6,15H,1,5,7H2. The van der Waals surface area contributed by atoms with Gasteiger partial charge in [0.1, 0.15) is 12.4 Å². The highest BCUT2D eigenvalue weighted by molar-refractivity contribution is 5.39. The number of aliphatic hydroxyl groups is 1. The highest BCUT2D eigenvalue weighted by atomic mass is 19.4. The number of halogens is 3. The van der Waals surface area contributed by atoms with E-state index in [9.17, 15) is 13.2 Å². The molecule has 0 saturated heterocycles. The fourth-order valence-electron chi connectivity index (χ4n) is 1.17. The van der Waals surface area contributed by atoms with E-state index in [1.165, 1.54) is 18.2 Å². The van der Waals surface area contributed by atoms with Crippen LogP contribution in [0.2, 0.25) is 0 Å². The Morgan fingerprint density at radius 1 is 1.38 bits per heavy atom. The van der Waals surface area contributed by atoms with Crippen molar-refractivity contribution < 1.29 is 23.0 Å². The minimum absolute atomic E-state index is 0.00154. The van der Waals surface area contributed by atoms with Crippen molar-refractivity contribution in [1.29, 1.82) is 0 Å². The molecule has 0 unspecified atom stereocenters. The van der Waals surface area contributed by atoms with Crippen molar-refractivity contribution >= 4 is 0 Å². The molecule has 0 saturated carbocycles. The molecule has 0 aliphatic heterocycles.